The number of nitrogens with one attached hydrogen (secondary N) is 1. The van der Waals surface area contributed by atoms with Gasteiger partial charge in [0.25, 0.3) is 0 Å². The van der Waals surface area contributed by atoms with Crippen LogP contribution in [-0.4, -0.2) is 19.1 Å². The number of anilines is 1. The van der Waals surface area contributed by atoms with Gasteiger partial charge in [-0.15, -0.1) is 0 Å². The average Bonchev–Trinajstić information content (AvgIpc) is 2.70. The Labute approximate surface area is 107 Å². The first kappa shape index (κ1) is 12.9. The molecule has 0 aliphatic carbocycles. The molecule has 1 aromatic rings. The highest BCUT2D eigenvalue weighted by Gasteiger charge is 2.28. The number of halogens is 1. The highest BCUT2D eigenvalue weighted by Crippen LogP contribution is 2.30. The molecule has 0 atom stereocenters. The SMILES string of the molecule is CC(C)(C)CNC(=O)N1CCc2cccc(F)c21. The van der Waals surface area contributed by atoms with Crippen LogP contribution in [0.1, 0.15) is 26.3 Å². The Hall–Kier alpha value is -1.58. The van der Waals surface area contributed by atoms with Crippen molar-refractivity contribution in [3.8, 4) is 0 Å². The van der Waals surface area contributed by atoms with E-state index in [9.17, 15) is 9.18 Å². The van der Waals surface area contributed by atoms with Crippen molar-refractivity contribution in [2.45, 2.75) is 27.2 Å². The molecule has 0 fully saturated rings. The van der Waals surface area contributed by atoms with E-state index in [4.69, 9.17) is 0 Å². The number of carbonyl (C=O) groups is 1. The summed E-state index contributed by atoms with van der Waals surface area (Å²) in [5.41, 5.74) is 1.36. The molecule has 1 N–H and O–H groups in total. The van der Waals surface area contributed by atoms with Crippen molar-refractivity contribution in [3.63, 3.8) is 0 Å². The van der Waals surface area contributed by atoms with Gasteiger partial charge in [0, 0.05) is 13.1 Å². The highest BCUT2D eigenvalue weighted by molar-refractivity contribution is 5.94. The number of hydrogen-bond acceptors (Lipinski definition) is 1. The van der Waals surface area contributed by atoms with Crippen LogP contribution in [0.15, 0.2) is 18.2 Å². The first-order valence-corrected chi connectivity index (χ1v) is 6.21. The van der Waals surface area contributed by atoms with Crippen molar-refractivity contribution in [3.05, 3.63) is 29.6 Å². The fraction of sp³-hybridized carbons (Fsp3) is 0.500. The lowest BCUT2D eigenvalue weighted by Gasteiger charge is -2.23. The molecule has 4 heteroatoms. The molecule has 1 aliphatic rings. The Morgan fingerprint density at radius 3 is 2.83 bits per heavy atom. The lowest BCUT2D eigenvalue weighted by atomic mass is 9.97. The van der Waals surface area contributed by atoms with E-state index in [1.54, 1.807) is 6.07 Å². The van der Waals surface area contributed by atoms with E-state index in [0.717, 1.165) is 12.0 Å². The molecule has 0 saturated carbocycles. The van der Waals surface area contributed by atoms with Crippen LogP contribution < -0.4 is 10.2 Å². The Morgan fingerprint density at radius 2 is 2.17 bits per heavy atom. The zero-order chi connectivity index (χ0) is 13.3. The Balaban J connectivity index is 2.11. The van der Waals surface area contributed by atoms with Crippen LogP contribution in [0.25, 0.3) is 0 Å². The second-order valence-corrected chi connectivity index (χ2v) is 5.87. The smallest absolute Gasteiger partial charge is 0.322 e. The molecule has 0 radical (unpaired) electrons. The molecule has 1 aromatic carbocycles. The number of benzene rings is 1. The van der Waals surface area contributed by atoms with Gasteiger partial charge in [-0.25, -0.2) is 9.18 Å². The quantitative estimate of drug-likeness (QED) is 0.816. The Bertz CT molecular complexity index is 465. The minimum absolute atomic E-state index is 0.0213. The maximum Gasteiger partial charge on any atom is 0.322 e. The van der Waals surface area contributed by atoms with Crippen LogP contribution in [-0.2, 0) is 6.42 Å². The van der Waals surface area contributed by atoms with Crippen LogP contribution in [0.5, 0.6) is 0 Å². The van der Waals surface area contributed by atoms with Gasteiger partial charge in [-0.1, -0.05) is 32.9 Å². The summed E-state index contributed by atoms with van der Waals surface area (Å²) in [5.74, 6) is -0.323. The molecule has 0 bridgehead atoms. The lowest BCUT2D eigenvalue weighted by Crippen LogP contribution is -2.42. The van der Waals surface area contributed by atoms with Gasteiger partial charge < -0.3 is 5.32 Å². The predicted octanol–water partition coefficient (Wildman–Crippen LogP) is 2.94. The van der Waals surface area contributed by atoms with E-state index >= 15 is 0 Å². The van der Waals surface area contributed by atoms with Gasteiger partial charge in [-0.2, -0.15) is 0 Å². The lowest BCUT2D eigenvalue weighted by molar-refractivity contribution is 0.241. The van der Waals surface area contributed by atoms with Gasteiger partial charge in [0.15, 0.2) is 0 Å². The second kappa shape index (κ2) is 4.59. The summed E-state index contributed by atoms with van der Waals surface area (Å²) in [6.45, 7) is 7.27. The predicted molar refractivity (Wildman–Crippen MR) is 70.3 cm³/mol. The topological polar surface area (TPSA) is 32.3 Å². The fourth-order valence-corrected chi connectivity index (χ4v) is 2.05. The van der Waals surface area contributed by atoms with Crippen LogP contribution in [0, 0.1) is 11.2 Å². The van der Waals surface area contributed by atoms with Gasteiger partial charge in [0.2, 0.25) is 0 Å². The molecular weight excluding hydrogens is 231 g/mol. The second-order valence-electron chi connectivity index (χ2n) is 5.87. The summed E-state index contributed by atoms with van der Waals surface area (Å²) < 4.78 is 13.8. The molecular formula is C14H19FN2O. The molecule has 0 saturated heterocycles. The van der Waals surface area contributed by atoms with Gasteiger partial charge in [0.05, 0.1) is 5.69 Å². The monoisotopic (exact) mass is 250 g/mol. The van der Waals surface area contributed by atoms with Crippen molar-refractivity contribution >= 4 is 11.7 Å². The largest absolute Gasteiger partial charge is 0.337 e. The standard InChI is InChI=1S/C14H19FN2O/c1-14(2,3)9-16-13(18)17-8-7-10-5-4-6-11(15)12(10)17/h4-6H,7-9H2,1-3H3,(H,16,18). The van der Waals surface area contributed by atoms with Crippen molar-refractivity contribution in [2.75, 3.05) is 18.0 Å². The third-order valence-electron chi connectivity index (χ3n) is 2.96. The van der Waals surface area contributed by atoms with Crippen LogP contribution in [0.3, 0.4) is 0 Å². The number of rotatable bonds is 1. The van der Waals surface area contributed by atoms with Crippen LogP contribution in [0.2, 0.25) is 0 Å². The summed E-state index contributed by atoms with van der Waals surface area (Å²) in [4.78, 5) is 13.6. The number of urea groups is 1. The minimum Gasteiger partial charge on any atom is -0.337 e. The van der Waals surface area contributed by atoms with Gasteiger partial charge in [-0.05, 0) is 23.5 Å². The summed E-state index contributed by atoms with van der Waals surface area (Å²) in [6, 6.07) is 4.74. The molecule has 1 heterocycles. The molecule has 2 amide bonds. The maximum atomic E-state index is 13.8. The van der Waals surface area contributed by atoms with E-state index < -0.39 is 0 Å². The molecule has 1 aliphatic heterocycles. The Morgan fingerprint density at radius 1 is 1.44 bits per heavy atom. The molecule has 3 nitrogen and oxygen atoms in total. The van der Waals surface area contributed by atoms with E-state index in [1.807, 2.05) is 26.8 Å². The van der Waals surface area contributed by atoms with Crippen molar-refractivity contribution in [2.24, 2.45) is 5.41 Å². The summed E-state index contributed by atoms with van der Waals surface area (Å²) in [7, 11) is 0. The summed E-state index contributed by atoms with van der Waals surface area (Å²) in [6.07, 6.45) is 0.718. The molecule has 98 valence electrons. The molecule has 18 heavy (non-hydrogen) atoms. The summed E-state index contributed by atoms with van der Waals surface area (Å²) >= 11 is 0. The van der Waals surface area contributed by atoms with Gasteiger partial charge in [-0.3, -0.25) is 4.90 Å². The fourth-order valence-electron chi connectivity index (χ4n) is 2.05. The average molecular weight is 250 g/mol. The Kier molecular flexibility index (Phi) is 3.28. The third kappa shape index (κ3) is 2.63. The van der Waals surface area contributed by atoms with Crippen molar-refractivity contribution < 1.29 is 9.18 Å². The van der Waals surface area contributed by atoms with Crippen molar-refractivity contribution in [1.82, 2.24) is 5.32 Å². The normalized spacial score (nSPS) is 14.6. The molecule has 0 unspecified atom stereocenters. The van der Waals surface area contributed by atoms with E-state index in [0.29, 0.717) is 18.8 Å². The van der Waals surface area contributed by atoms with Crippen LogP contribution >= 0.6 is 0 Å². The van der Waals surface area contributed by atoms with Gasteiger partial charge >= 0.3 is 6.03 Å². The number of para-hydroxylation sites is 1. The minimum atomic E-state index is -0.323. The molecule has 0 spiro atoms. The first-order valence-electron chi connectivity index (χ1n) is 6.21. The zero-order valence-corrected chi connectivity index (χ0v) is 11.1. The van der Waals surface area contributed by atoms with Crippen LogP contribution in [0.4, 0.5) is 14.9 Å². The number of carbonyl (C=O) groups excluding carboxylic acids is 1. The van der Waals surface area contributed by atoms with Crippen molar-refractivity contribution in [1.29, 1.82) is 0 Å². The zero-order valence-electron chi connectivity index (χ0n) is 11.1. The molecule has 0 aromatic heterocycles. The van der Waals surface area contributed by atoms with Gasteiger partial charge in [0.1, 0.15) is 5.82 Å². The summed E-state index contributed by atoms with van der Waals surface area (Å²) in [5, 5.41) is 2.85. The number of amides is 2. The highest BCUT2D eigenvalue weighted by atomic mass is 19.1. The first-order chi connectivity index (χ1) is 8.38. The van der Waals surface area contributed by atoms with E-state index in [1.165, 1.54) is 11.0 Å². The molecule has 2 rings (SSSR count). The number of nitrogens with zero attached hydrogens (tertiary/aromatic N) is 1. The maximum absolute atomic E-state index is 13.8. The third-order valence-corrected chi connectivity index (χ3v) is 2.96. The van der Waals surface area contributed by atoms with E-state index in [-0.39, 0.29) is 17.3 Å². The number of hydrogen-bond donors (Lipinski definition) is 1. The number of fused-ring (bicyclic) bond motifs is 1. The van der Waals surface area contributed by atoms with E-state index in [2.05, 4.69) is 5.32 Å².